The summed E-state index contributed by atoms with van der Waals surface area (Å²) in [5.41, 5.74) is 4.51. The van der Waals surface area contributed by atoms with Crippen LogP contribution >= 0.6 is 0 Å². The maximum atomic E-state index is 12.1. The zero-order valence-electron chi connectivity index (χ0n) is 14.1. The molecule has 0 saturated heterocycles. The number of hydrogen-bond acceptors (Lipinski definition) is 11. The summed E-state index contributed by atoms with van der Waals surface area (Å²) in [4.78, 5) is 53.1. The Balaban J connectivity index is 2.46. The monoisotopic (exact) mass is 368 g/mol. The van der Waals surface area contributed by atoms with Crippen molar-refractivity contribution in [1.82, 2.24) is 14.5 Å². The van der Waals surface area contributed by atoms with E-state index in [2.05, 4.69) is 9.97 Å². The van der Waals surface area contributed by atoms with Gasteiger partial charge in [-0.05, 0) is 0 Å². The van der Waals surface area contributed by atoms with Crippen molar-refractivity contribution in [2.24, 2.45) is 0 Å². The second-order valence-electron chi connectivity index (χ2n) is 5.10. The van der Waals surface area contributed by atoms with Gasteiger partial charge >= 0.3 is 23.6 Å². The van der Waals surface area contributed by atoms with Crippen molar-refractivity contribution in [2.45, 2.75) is 33.1 Å². The lowest BCUT2D eigenvalue weighted by atomic mass is 10.2. The van der Waals surface area contributed by atoms with E-state index >= 15 is 0 Å². The van der Waals surface area contributed by atoms with Crippen LogP contribution in [0.15, 0.2) is 22.6 Å². The van der Waals surface area contributed by atoms with Gasteiger partial charge in [-0.3, -0.25) is 14.4 Å². The van der Waals surface area contributed by atoms with Crippen LogP contribution in [0.25, 0.3) is 0 Å². The molecule has 12 nitrogen and oxygen atoms in total. The quantitative estimate of drug-likeness (QED) is 0.502. The van der Waals surface area contributed by atoms with E-state index < -0.39 is 42.5 Å². The van der Waals surface area contributed by atoms with Gasteiger partial charge in [-0.2, -0.15) is 4.98 Å². The normalized spacial score (nSPS) is 18.9. The standard InChI is InChI=1S/C14H16N4O8/c1-6(19)23-4-9-10(24-7(2)20)11(25-8(3)21)12(26-9)18-5-16-13(15)17-14(18)22/h5,11-12H,4H2,1-3H3,(H2,15,17,22)/t11?,12-/m1/s1. The van der Waals surface area contributed by atoms with E-state index in [0.29, 0.717) is 0 Å². The summed E-state index contributed by atoms with van der Waals surface area (Å²) in [5.74, 6) is -2.66. The second kappa shape index (κ2) is 7.63. The van der Waals surface area contributed by atoms with Gasteiger partial charge in [-0.1, -0.05) is 0 Å². The van der Waals surface area contributed by atoms with Crippen LogP contribution in [0.3, 0.4) is 0 Å². The first-order chi connectivity index (χ1) is 12.2. The first-order valence-corrected chi connectivity index (χ1v) is 7.28. The number of nitrogen functional groups attached to an aromatic ring is 1. The number of esters is 3. The molecule has 140 valence electrons. The van der Waals surface area contributed by atoms with Gasteiger partial charge in [0.05, 0.1) is 0 Å². The molecule has 1 unspecified atom stereocenters. The number of nitrogens with zero attached hydrogens (tertiary/aromatic N) is 3. The van der Waals surface area contributed by atoms with Crippen LogP contribution in [-0.2, 0) is 33.3 Å². The highest BCUT2D eigenvalue weighted by Gasteiger charge is 2.44. The number of carbonyl (C=O) groups excluding carboxylic acids is 3. The van der Waals surface area contributed by atoms with Gasteiger partial charge in [0.25, 0.3) is 0 Å². The van der Waals surface area contributed by atoms with E-state index in [-0.39, 0.29) is 17.5 Å². The zero-order valence-corrected chi connectivity index (χ0v) is 14.1. The average Bonchev–Trinajstić information content (AvgIpc) is 2.82. The minimum atomic E-state index is -1.31. The molecule has 2 heterocycles. The smallest absolute Gasteiger partial charge is 0.355 e. The van der Waals surface area contributed by atoms with Gasteiger partial charge in [0.2, 0.25) is 18.3 Å². The van der Waals surface area contributed by atoms with E-state index in [1.807, 2.05) is 0 Å². The van der Waals surface area contributed by atoms with Crippen molar-refractivity contribution < 1.29 is 33.3 Å². The van der Waals surface area contributed by atoms with Crippen LogP contribution in [0.2, 0.25) is 0 Å². The van der Waals surface area contributed by atoms with Crippen molar-refractivity contribution in [1.29, 1.82) is 0 Å². The molecule has 12 heteroatoms. The van der Waals surface area contributed by atoms with Crippen molar-refractivity contribution in [3.8, 4) is 0 Å². The molecule has 0 aliphatic carbocycles. The van der Waals surface area contributed by atoms with Gasteiger partial charge in [-0.25, -0.2) is 14.3 Å². The third-order valence-corrected chi connectivity index (χ3v) is 3.03. The molecule has 2 N–H and O–H groups in total. The highest BCUT2D eigenvalue weighted by molar-refractivity contribution is 5.69. The number of aromatic nitrogens is 3. The first-order valence-electron chi connectivity index (χ1n) is 7.28. The SMILES string of the molecule is CC(=O)OCC1=C(OC(C)=O)C(OC(C)=O)[C@H](n2cnc(N)nc2=O)O1. The first kappa shape index (κ1) is 18.9. The predicted octanol–water partition coefficient (Wildman–Crippen LogP) is -0.981. The van der Waals surface area contributed by atoms with E-state index in [4.69, 9.17) is 24.7 Å². The Morgan fingerprint density at radius 2 is 1.92 bits per heavy atom. The molecule has 1 aliphatic heterocycles. The Morgan fingerprint density at radius 3 is 2.46 bits per heavy atom. The topological polar surface area (TPSA) is 162 Å². The number of anilines is 1. The van der Waals surface area contributed by atoms with E-state index in [1.54, 1.807) is 0 Å². The van der Waals surface area contributed by atoms with Crippen LogP contribution in [0, 0.1) is 0 Å². The van der Waals surface area contributed by atoms with Gasteiger partial charge in [0.15, 0.2) is 18.1 Å². The molecule has 2 rings (SSSR count). The van der Waals surface area contributed by atoms with E-state index in [1.165, 1.54) is 6.92 Å². The molecule has 0 bridgehead atoms. The van der Waals surface area contributed by atoms with Gasteiger partial charge in [0.1, 0.15) is 6.33 Å². The van der Waals surface area contributed by atoms with Crippen LogP contribution in [0.1, 0.15) is 27.0 Å². The Bertz CT molecular complexity index is 830. The molecule has 0 spiro atoms. The highest BCUT2D eigenvalue weighted by atomic mass is 16.6. The molecule has 0 amide bonds. The van der Waals surface area contributed by atoms with Crippen molar-refractivity contribution in [2.75, 3.05) is 12.3 Å². The predicted molar refractivity (Wildman–Crippen MR) is 81.8 cm³/mol. The Kier molecular flexibility index (Phi) is 5.54. The van der Waals surface area contributed by atoms with Crippen molar-refractivity contribution >= 4 is 23.9 Å². The summed E-state index contributed by atoms with van der Waals surface area (Å²) in [6.45, 7) is 3.00. The Labute approximate surface area is 146 Å². The number of ether oxygens (including phenoxy) is 4. The van der Waals surface area contributed by atoms with Crippen molar-refractivity contribution in [3.63, 3.8) is 0 Å². The summed E-state index contributed by atoms with van der Waals surface area (Å²) < 4.78 is 21.4. The van der Waals surface area contributed by atoms with Crippen LogP contribution in [-0.4, -0.2) is 45.2 Å². The maximum absolute atomic E-state index is 12.1. The number of rotatable bonds is 5. The fourth-order valence-electron chi connectivity index (χ4n) is 2.12. The van der Waals surface area contributed by atoms with Crippen LogP contribution < -0.4 is 11.4 Å². The van der Waals surface area contributed by atoms with Crippen LogP contribution in [0.4, 0.5) is 5.95 Å². The fraction of sp³-hybridized carbons (Fsp3) is 0.429. The van der Waals surface area contributed by atoms with Gasteiger partial charge < -0.3 is 24.7 Å². The zero-order chi connectivity index (χ0) is 19.4. The molecular weight excluding hydrogens is 352 g/mol. The van der Waals surface area contributed by atoms with E-state index in [0.717, 1.165) is 24.7 Å². The molecule has 0 radical (unpaired) electrons. The molecule has 0 saturated carbocycles. The number of hydrogen-bond donors (Lipinski definition) is 1. The molecular formula is C14H16N4O8. The summed E-state index contributed by atoms with van der Waals surface area (Å²) in [6.07, 6.45) is -1.56. The molecule has 26 heavy (non-hydrogen) atoms. The molecule has 0 fully saturated rings. The summed E-state index contributed by atoms with van der Waals surface area (Å²) in [5, 5.41) is 0. The Morgan fingerprint density at radius 1 is 1.23 bits per heavy atom. The maximum Gasteiger partial charge on any atom is 0.355 e. The Hall–Kier alpha value is -3.44. The third kappa shape index (κ3) is 4.34. The molecule has 1 aliphatic rings. The second-order valence-corrected chi connectivity index (χ2v) is 5.10. The molecule has 2 atom stereocenters. The minimum absolute atomic E-state index is 0.102. The lowest BCUT2D eigenvalue weighted by molar-refractivity contribution is -0.156. The highest BCUT2D eigenvalue weighted by Crippen LogP contribution is 2.35. The fourth-order valence-corrected chi connectivity index (χ4v) is 2.12. The summed E-state index contributed by atoms with van der Waals surface area (Å²) in [7, 11) is 0. The molecule has 1 aromatic heterocycles. The van der Waals surface area contributed by atoms with Crippen LogP contribution in [0.5, 0.6) is 0 Å². The largest absolute Gasteiger partial charge is 0.462 e. The van der Waals surface area contributed by atoms with E-state index in [9.17, 15) is 19.2 Å². The average molecular weight is 368 g/mol. The minimum Gasteiger partial charge on any atom is -0.462 e. The number of carbonyl (C=O) groups is 3. The van der Waals surface area contributed by atoms with Gasteiger partial charge in [-0.15, -0.1) is 0 Å². The summed E-state index contributed by atoms with van der Waals surface area (Å²) >= 11 is 0. The molecule has 1 aromatic rings. The lowest BCUT2D eigenvalue weighted by Gasteiger charge is -2.21. The summed E-state index contributed by atoms with van der Waals surface area (Å²) in [6, 6.07) is 0. The lowest BCUT2D eigenvalue weighted by Crippen LogP contribution is -2.36. The van der Waals surface area contributed by atoms with Crippen molar-refractivity contribution in [3.05, 3.63) is 28.3 Å². The number of nitrogens with two attached hydrogens (primary N) is 1. The molecule has 0 aromatic carbocycles. The third-order valence-electron chi connectivity index (χ3n) is 3.03. The van der Waals surface area contributed by atoms with Gasteiger partial charge in [0, 0.05) is 20.8 Å².